The van der Waals surface area contributed by atoms with Crippen LogP contribution in [0.3, 0.4) is 0 Å². The lowest BCUT2D eigenvalue weighted by molar-refractivity contribution is 0.0698. The van der Waals surface area contributed by atoms with Gasteiger partial charge in [0.1, 0.15) is 5.56 Å². The fourth-order valence-electron chi connectivity index (χ4n) is 2.24. The maximum atomic E-state index is 11.1. The molecule has 0 spiro atoms. The molecule has 1 aromatic carbocycles. The Bertz CT molecular complexity index is 431. The first kappa shape index (κ1) is 13.2. The van der Waals surface area contributed by atoms with Crippen molar-refractivity contribution in [2.24, 2.45) is 0 Å². The Hall–Kier alpha value is -1.26. The lowest BCUT2D eigenvalue weighted by atomic mass is 10.2. The Kier molecular flexibility index (Phi) is 4.44. The minimum Gasteiger partial charge on any atom is -0.478 e. The molecule has 0 aromatic heterocycles. The number of hydrogen-bond acceptors (Lipinski definition) is 3. The molecule has 1 heterocycles. The van der Waals surface area contributed by atoms with Gasteiger partial charge in [-0.1, -0.05) is 17.7 Å². The number of benzene rings is 1. The van der Waals surface area contributed by atoms with Crippen LogP contribution < -0.4 is 5.32 Å². The predicted octanol–water partition coefficient (Wildman–Crippen LogP) is 2.55. The molecule has 0 aliphatic carbocycles. The summed E-state index contributed by atoms with van der Waals surface area (Å²) in [5, 5.41) is 12.5. The predicted molar refractivity (Wildman–Crippen MR) is 72.6 cm³/mol. The van der Waals surface area contributed by atoms with Crippen molar-refractivity contribution in [1.29, 1.82) is 0 Å². The minimum atomic E-state index is -0.996. The van der Waals surface area contributed by atoms with Crippen LogP contribution in [-0.4, -0.2) is 42.2 Å². The van der Waals surface area contributed by atoms with Crippen LogP contribution in [0.4, 0.5) is 5.69 Å². The molecular weight excluding hydrogens is 252 g/mol. The molecule has 5 heteroatoms. The van der Waals surface area contributed by atoms with Crippen LogP contribution in [0.2, 0.25) is 5.02 Å². The lowest BCUT2D eigenvalue weighted by Crippen LogP contribution is -2.26. The number of aromatic carboxylic acids is 1. The van der Waals surface area contributed by atoms with Gasteiger partial charge in [0.2, 0.25) is 0 Å². The van der Waals surface area contributed by atoms with Crippen LogP contribution in [0.25, 0.3) is 0 Å². The molecule has 1 aliphatic rings. The molecule has 1 aliphatic heterocycles. The normalized spacial score (nSPS) is 15.8. The van der Waals surface area contributed by atoms with E-state index in [0.717, 1.165) is 26.2 Å². The second kappa shape index (κ2) is 6.07. The van der Waals surface area contributed by atoms with Crippen molar-refractivity contribution < 1.29 is 9.90 Å². The van der Waals surface area contributed by atoms with Crippen molar-refractivity contribution in [2.75, 3.05) is 31.5 Å². The second-order valence-corrected chi connectivity index (χ2v) is 4.85. The van der Waals surface area contributed by atoms with Crippen molar-refractivity contribution in [3.8, 4) is 0 Å². The van der Waals surface area contributed by atoms with Gasteiger partial charge in [0, 0.05) is 13.1 Å². The van der Waals surface area contributed by atoms with E-state index in [1.54, 1.807) is 18.2 Å². The first-order valence-electron chi connectivity index (χ1n) is 6.16. The number of carbonyl (C=O) groups is 1. The molecule has 1 saturated heterocycles. The molecule has 1 fully saturated rings. The third kappa shape index (κ3) is 3.15. The third-order valence-corrected chi connectivity index (χ3v) is 3.48. The standard InChI is InChI=1S/C13H17ClN2O2/c14-10-4-3-5-11(12(10)13(17)18)15-6-9-16-7-1-2-8-16/h3-5,15H,1-2,6-9H2,(H,17,18). The van der Waals surface area contributed by atoms with E-state index < -0.39 is 5.97 Å². The fourth-order valence-corrected chi connectivity index (χ4v) is 2.50. The van der Waals surface area contributed by atoms with Gasteiger partial charge in [-0.2, -0.15) is 0 Å². The van der Waals surface area contributed by atoms with E-state index in [-0.39, 0.29) is 10.6 Å². The quantitative estimate of drug-likeness (QED) is 0.862. The summed E-state index contributed by atoms with van der Waals surface area (Å²) in [6, 6.07) is 5.10. The van der Waals surface area contributed by atoms with E-state index in [1.807, 2.05) is 0 Å². The van der Waals surface area contributed by atoms with Gasteiger partial charge in [0.25, 0.3) is 0 Å². The number of halogens is 1. The number of hydrogen-bond donors (Lipinski definition) is 2. The number of rotatable bonds is 5. The Morgan fingerprint density at radius 2 is 2.11 bits per heavy atom. The average Bonchev–Trinajstić information content (AvgIpc) is 2.81. The maximum Gasteiger partial charge on any atom is 0.339 e. The van der Waals surface area contributed by atoms with E-state index in [2.05, 4.69) is 10.2 Å². The van der Waals surface area contributed by atoms with Crippen LogP contribution in [0.5, 0.6) is 0 Å². The molecule has 0 radical (unpaired) electrons. The van der Waals surface area contributed by atoms with Crippen LogP contribution >= 0.6 is 11.6 Å². The zero-order valence-electron chi connectivity index (χ0n) is 10.2. The monoisotopic (exact) mass is 268 g/mol. The average molecular weight is 269 g/mol. The van der Waals surface area contributed by atoms with Crippen molar-refractivity contribution in [3.63, 3.8) is 0 Å². The second-order valence-electron chi connectivity index (χ2n) is 4.44. The highest BCUT2D eigenvalue weighted by molar-refractivity contribution is 6.34. The van der Waals surface area contributed by atoms with Gasteiger partial charge in [-0.15, -0.1) is 0 Å². The topological polar surface area (TPSA) is 52.6 Å². The number of nitrogens with zero attached hydrogens (tertiary/aromatic N) is 1. The fraction of sp³-hybridized carbons (Fsp3) is 0.462. The summed E-state index contributed by atoms with van der Waals surface area (Å²) < 4.78 is 0. The molecular formula is C13H17ClN2O2. The van der Waals surface area contributed by atoms with Gasteiger partial charge in [-0.3, -0.25) is 0 Å². The van der Waals surface area contributed by atoms with E-state index in [9.17, 15) is 4.79 Å². The maximum absolute atomic E-state index is 11.1. The van der Waals surface area contributed by atoms with E-state index >= 15 is 0 Å². The van der Waals surface area contributed by atoms with E-state index in [4.69, 9.17) is 16.7 Å². The summed E-state index contributed by atoms with van der Waals surface area (Å²) in [5.74, 6) is -0.996. The summed E-state index contributed by atoms with van der Waals surface area (Å²) in [5.41, 5.74) is 0.745. The van der Waals surface area contributed by atoms with Gasteiger partial charge < -0.3 is 15.3 Å². The summed E-state index contributed by atoms with van der Waals surface area (Å²) in [4.78, 5) is 13.5. The summed E-state index contributed by atoms with van der Waals surface area (Å²) in [6.07, 6.45) is 2.52. The Morgan fingerprint density at radius 3 is 2.78 bits per heavy atom. The highest BCUT2D eigenvalue weighted by Gasteiger charge is 2.15. The first-order valence-corrected chi connectivity index (χ1v) is 6.54. The lowest BCUT2D eigenvalue weighted by Gasteiger charge is -2.16. The van der Waals surface area contributed by atoms with Crippen molar-refractivity contribution in [1.82, 2.24) is 4.90 Å². The molecule has 2 N–H and O–H groups in total. The largest absolute Gasteiger partial charge is 0.478 e. The molecule has 0 atom stereocenters. The number of carboxylic acids is 1. The molecule has 0 saturated carbocycles. The van der Waals surface area contributed by atoms with Crippen LogP contribution in [0.1, 0.15) is 23.2 Å². The van der Waals surface area contributed by atoms with Gasteiger partial charge in [-0.05, 0) is 38.1 Å². The number of anilines is 1. The highest BCUT2D eigenvalue weighted by atomic mass is 35.5. The van der Waals surface area contributed by atoms with Crippen molar-refractivity contribution in [2.45, 2.75) is 12.8 Å². The zero-order valence-corrected chi connectivity index (χ0v) is 10.9. The Morgan fingerprint density at radius 1 is 1.39 bits per heavy atom. The van der Waals surface area contributed by atoms with Gasteiger partial charge in [0.15, 0.2) is 0 Å². The molecule has 18 heavy (non-hydrogen) atoms. The van der Waals surface area contributed by atoms with Crippen molar-refractivity contribution >= 4 is 23.3 Å². The Balaban J connectivity index is 1.96. The molecule has 4 nitrogen and oxygen atoms in total. The van der Waals surface area contributed by atoms with E-state index in [1.165, 1.54) is 12.8 Å². The first-order chi connectivity index (χ1) is 8.68. The SMILES string of the molecule is O=C(O)c1c(Cl)cccc1NCCN1CCCC1. The van der Waals surface area contributed by atoms with Crippen LogP contribution in [-0.2, 0) is 0 Å². The molecule has 1 aromatic rings. The zero-order chi connectivity index (χ0) is 13.0. The molecule has 0 unspecified atom stereocenters. The summed E-state index contributed by atoms with van der Waals surface area (Å²) in [6.45, 7) is 3.96. The number of carboxylic acid groups (broad SMARTS) is 1. The Labute approximate surface area is 112 Å². The van der Waals surface area contributed by atoms with Gasteiger partial charge in [-0.25, -0.2) is 4.79 Å². The van der Waals surface area contributed by atoms with Crippen LogP contribution in [0.15, 0.2) is 18.2 Å². The van der Waals surface area contributed by atoms with Gasteiger partial charge >= 0.3 is 5.97 Å². The highest BCUT2D eigenvalue weighted by Crippen LogP contribution is 2.24. The van der Waals surface area contributed by atoms with Gasteiger partial charge in [0.05, 0.1) is 10.7 Å². The third-order valence-electron chi connectivity index (χ3n) is 3.17. The van der Waals surface area contributed by atoms with E-state index in [0.29, 0.717) is 5.69 Å². The number of nitrogens with one attached hydrogen (secondary N) is 1. The van der Waals surface area contributed by atoms with Crippen molar-refractivity contribution in [3.05, 3.63) is 28.8 Å². The molecule has 98 valence electrons. The smallest absolute Gasteiger partial charge is 0.339 e. The molecule has 0 bridgehead atoms. The number of likely N-dealkylation sites (tertiary alicyclic amines) is 1. The van der Waals surface area contributed by atoms with Crippen LogP contribution in [0, 0.1) is 0 Å². The minimum absolute atomic E-state index is 0.153. The molecule has 0 amide bonds. The summed E-state index contributed by atoms with van der Waals surface area (Å²) >= 11 is 5.90. The summed E-state index contributed by atoms with van der Waals surface area (Å²) in [7, 11) is 0. The molecule has 2 rings (SSSR count).